The van der Waals surface area contributed by atoms with Crippen molar-refractivity contribution in [2.75, 3.05) is 0 Å². The second-order valence-corrected chi connectivity index (χ2v) is 5.08. The van der Waals surface area contributed by atoms with Gasteiger partial charge in [-0.3, -0.25) is 0 Å². The smallest absolute Gasteiger partial charge is 0.137 e. The van der Waals surface area contributed by atoms with E-state index in [1.54, 1.807) is 13.8 Å². The fourth-order valence-corrected chi connectivity index (χ4v) is 2.27. The van der Waals surface area contributed by atoms with E-state index in [2.05, 4.69) is 9.97 Å². The average Bonchev–Trinajstić information content (AvgIpc) is 2.67. The molecule has 15 heavy (non-hydrogen) atoms. The molecule has 0 unspecified atom stereocenters. The van der Waals surface area contributed by atoms with Gasteiger partial charge in [-0.05, 0) is 26.7 Å². The Kier molecular flexibility index (Phi) is 2.83. The van der Waals surface area contributed by atoms with Gasteiger partial charge in [0.05, 0.1) is 0 Å². The third-order valence-corrected chi connectivity index (χ3v) is 3.22. The fourth-order valence-electron chi connectivity index (χ4n) is 2.27. The maximum Gasteiger partial charge on any atom is 0.137 e. The van der Waals surface area contributed by atoms with Gasteiger partial charge in [-0.1, -0.05) is 19.3 Å². The van der Waals surface area contributed by atoms with Crippen molar-refractivity contribution in [1.82, 2.24) is 9.97 Å². The van der Waals surface area contributed by atoms with E-state index in [1.807, 2.05) is 6.20 Å². The molecule has 0 aliphatic heterocycles. The molecule has 84 valence electrons. The number of H-pyrrole nitrogens is 1. The quantitative estimate of drug-likeness (QED) is 0.785. The van der Waals surface area contributed by atoms with Crippen molar-refractivity contribution in [2.24, 2.45) is 0 Å². The third-order valence-electron chi connectivity index (χ3n) is 3.22. The van der Waals surface area contributed by atoms with Crippen LogP contribution in [0.2, 0.25) is 0 Å². The standard InChI is InChI=1S/C12H20N2O/c1-12(2,15)11-13-8-10(14-11)9-6-4-3-5-7-9/h8-9,15H,3-7H2,1-2H3,(H,13,14). The van der Waals surface area contributed by atoms with Gasteiger partial charge in [0.2, 0.25) is 0 Å². The maximum absolute atomic E-state index is 9.81. The first kappa shape index (κ1) is 10.7. The minimum atomic E-state index is -0.854. The predicted molar refractivity (Wildman–Crippen MR) is 59.7 cm³/mol. The largest absolute Gasteiger partial charge is 0.383 e. The number of aliphatic hydroxyl groups is 1. The molecular weight excluding hydrogens is 188 g/mol. The molecule has 0 spiro atoms. The Bertz CT molecular complexity index is 319. The number of imidazole rings is 1. The van der Waals surface area contributed by atoms with Crippen LogP contribution in [0.1, 0.15) is 63.4 Å². The molecule has 0 aromatic carbocycles. The highest BCUT2D eigenvalue weighted by Crippen LogP contribution is 2.32. The number of rotatable bonds is 2. The van der Waals surface area contributed by atoms with Crippen molar-refractivity contribution in [1.29, 1.82) is 0 Å². The minimum absolute atomic E-state index is 0.627. The maximum atomic E-state index is 9.81. The summed E-state index contributed by atoms with van der Waals surface area (Å²) in [6.07, 6.45) is 8.41. The number of aromatic amines is 1. The van der Waals surface area contributed by atoms with Gasteiger partial charge in [0.25, 0.3) is 0 Å². The van der Waals surface area contributed by atoms with E-state index in [9.17, 15) is 5.11 Å². The van der Waals surface area contributed by atoms with E-state index >= 15 is 0 Å². The summed E-state index contributed by atoms with van der Waals surface area (Å²) >= 11 is 0. The molecule has 2 N–H and O–H groups in total. The van der Waals surface area contributed by atoms with Crippen LogP contribution < -0.4 is 0 Å². The first-order chi connectivity index (χ1) is 7.07. The van der Waals surface area contributed by atoms with Gasteiger partial charge in [0, 0.05) is 17.8 Å². The first-order valence-corrected chi connectivity index (χ1v) is 5.85. The van der Waals surface area contributed by atoms with Crippen molar-refractivity contribution in [3.63, 3.8) is 0 Å². The molecule has 1 saturated carbocycles. The summed E-state index contributed by atoms with van der Waals surface area (Å²) in [5.74, 6) is 1.31. The summed E-state index contributed by atoms with van der Waals surface area (Å²) in [6, 6.07) is 0. The van der Waals surface area contributed by atoms with Crippen LogP contribution in [0.15, 0.2) is 6.20 Å². The lowest BCUT2D eigenvalue weighted by molar-refractivity contribution is 0.0695. The van der Waals surface area contributed by atoms with E-state index in [0.29, 0.717) is 11.7 Å². The van der Waals surface area contributed by atoms with Gasteiger partial charge in [0.15, 0.2) is 0 Å². The van der Waals surface area contributed by atoms with E-state index in [-0.39, 0.29) is 0 Å². The summed E-state index contributed by atoms with van der Waals surface area (Å²) in [4.78, 5) is 7.52. The lowest BCUT2D eigenvalue weighted by Crippen LogP contribution is -2.17. The van der Waals surface area contributed by atoms with Crippen LogP contribution in [0.5, 0.6) is 0 Å². The highest BCUT2D eigenvalue weighted by molar-refractivity contribution is 5.11. The fraction of sp³-hybridized carbons (Fsp3) is 0.750. The van der Waals surface area contributed by atoms with Crippen LogP contribution in [0.25, 0.3) is 0 Å². The highest BCUT2D eigenvalue weighted by atomic mass is 16.3. The Morgan fingerprint density at radius 3 is 2.53 bits per heavy atom. The van der Waals surface area contributed by atoms with E-state index < -0.39 is 5.60 Å². The van der Waals surface area contributed by atoms with Crippen molar-refractivity contribution >= 4 is 0 Å². The molecule has 1 fully saturated rings. The topological polar surface area (TPSA) is 48.9 Å². The van der Waals surface area contributed by atoms with Crippen molar-refractivity contribution in [3.8, 4) is 0 Å². The van der Waals surface area contributed by atoms with Crippen LogP contribution in [0.4, 0.5) is 0 Å². The van der Waals surface area contributed by atoms with Gasteiger partial charge >= 0.3 is 0 Å². The molecule has 1 aromatic heterocycles. The SMILES string of the molecule is CC(C)(O)c1ncc(C2CCCCC2)[nH]1. The molecule has 0 atom stereocenters. The van der Waals surface area contributed by atoms with Crippen LogP contribution >= 0.6 is 0 Å². The normalized spacial score (nSPS) is 19.4. The van der Waals surface area contributed by atoms with E-state index in [0.717, 1.165) is 0 Å². The summed E-state index contributed by atoms with van der Waals surface area (Å²) < 4.78 is 0. The Labute approximate surface area is 90.9 Å². The van der Waals surface area contributed by atoms with Crippen LogP contribution in [-0.2, 0) is 5.60 Å². The number of hydrogen-bond acceptors (Lipinski definition) is 2. The number of aromatic nitrogens is 2. The van der Waals surface area contributed by atoms with Gasteiger partial charge in [-0.2, -0.15) is 0 Å². The number of nitrogens with zero attached hydrogens (tertiary/aromatic N) is 1. The zero-order valence-corrected chi connectivity index (χ0v) is 9.58. The molecule has 3 nitrogen and oxygen atoms in total. The second-order valence-electron chi connectivity index (χ2n) is 5.08. The number of hydrogen-bond donors (Lipinski definition) is 2. The average molecular weight is 208 g/mol. The third kappa shape index (κ3) is 2.40. The molecule has 1 heterocycles. The van der Waals surface area contributed by atoms with Gasteiger partial charge in [-0.25, -0.2) is 4.98 Å². The Hall–Kier alpha value is -0.830. The van der Waals surface area contributed by atoms with Crippen molar-refractivity contribution in [2.45, 2.75) is 57.5 Å². The zero-order valence-electron chi connectivity index (χ0n) is 9.58. The Balaban J connectivity index is 2.12. The Morgan fingerprint density at radius 2 is 2.00 bits per heavy atom. The number of nitrogens with one attached hydrogen (secondary N) is 1. The molecule has 1 aliphatic carbocycles. The summed E-state index contributed by atoms with van der Waals surface area (Å²) in [6.45, 7) is 3.52. The predicted octanol–water partition coefficient (Wildman–Crippen LogP) is 2.68. The highest BCUT2D eigenvalue weighted by Gasteiger charge is 2.23. The summed E-state index contributed by atoms with van der Waals surface area (Å²) in [5, 5.41) is 9.81. The molecule has 1 aliphatic rings. The summed E-state index contributed by atoms with van der Waals surface area (Å²) in [7, 11) is 0. The van der Waals surface area contributed by atoms with Gasteiger partial charge < -0.3 is 10.1 Å². The molecule has 0 saturated heterocycles. The first-order valence-electron chi connectivity index (χ1n) is 5.85. The van der Waals surface area contributed by atoms with Gasteiger partial charge in [-0.15, -0.1) is 0 Å². The molecule has 1 aromatic rings. The van der Waals surface area contributed by atoms with E-state index in [4.69, 9.17) is 0 Å². The molecule has 0 bridgehead atoms. The lowest BCUT2D eigenvalue weighted by atomic mass is 9.87. The van der Waals surface area contributed by atoms with Crippen molar-refractivity contribution < 1.29 is 5.11 Å². The lowest BCUT2D eigenvalue weighted by Gasteiger charge is -2.20. The van der Waals surface area contributed by atoms with E-state index in [1.165, 1.54) is 37.8 Å². The van der Waals surface area contributed by atoms with Crippen LogP contribution in [-0.4, -0.2) is 15.1 Å². The Morgan fingerprint density at radius 1 is 1.33 bits per heavy atom. The molecule has 2 rings (SSSR count). The molecule has 0 amide bonds. The zero-order chi connectivity index (χ0) is 10.9. The second kappa shape index (κ2) is 3.97. The van der Waals surface area contributed by atoms with Gasteiger partial charge in [0.1, 0.15) is 11.4 Å². The summed E-state index contributed by atoms with van der Waals surface area (Å²) in [5.41, 5.74) is 0.347. The van der Waals surface area contributed by atoms with Crippen LogP contribution in [0, 0.1) is 0 Å². The molecule has 3 heteroatoms. The minimum Gasteiger partial charge on any atom is -0.383 e. The molecular formula is C12H20N2O. The van der Waals surface area contributed by atoms with Crippen molar-refractivity contribution in [3.05, 3.63) is 17.7 Å². The molecule has 0 radical (unpaired) electrons. The van der Waals surface area contributed by atoms with Crippen LogP contribution in [0.3, 0.4) is 0 Å². The monoisotopic (exact) mass is 208 g/mol.